The maximum Gasteiger partial charge on any atom is 0.264 e. The van der Waals surface area contributed by atoms with E-state index in [0.29, 0.717) is 11.4 Å². The number of aromatic nitrogens is 2. The predicted molar refractivity (Wildman–Crippen MR) is 118 cm³/mol. The van der Waals surface area contributed by atoms with Gasteiger partial charge >= 0.3 is 0 Å². The van der Waals surface area contributed by atoms with Gasteiger partial charge in [-0.25, -0.2) is 23.1 Å². The van der Waals surface area contributed by atoms with Gasteiger partial charge < -0.3 is 10.1 Å². The Morgan fingerprint density at radius 1 is 1.10 bits per heavy atom. The van der Waals surface area contributed by atoms with Crippen LogP contribution in [-0.4, -0.2) is 31.4 Å². The van der Waals surface area contributed by atoms with Crippen molar-refractivity contribution in [3.8, 4) is 5.75 Å². The Balaban J connectivity index is 1.63. The van der Waals surface area contributed by atoms with Crippen LogP contribution in [-0.2, 0) is 14.8 Å². The van der Waals surface area contributed by atoms with Crippen LogP contribution in [0, 0.1) is 0 Å². The SMILES string of the molecule is COc1ccc(/C=C/C(=O)Nc2ccc(S(=O)(=O)Nc3ncccn3)cc2)cc1Br. The molecule has 0 aliphatic rings. The first-order valence-corrected chi connectivity index (χ1v) is 10.9. The monoisotopic (exact) mass is 488 g/mol. The Morgan fingerprint density at radius 3 is 2.43 bits per heavy atom. The third kappa shape index (κ3) is 5.65. The summed E-state index contributed by atoms with van der Waals surface area (Å²) in [6, 6.07) is 12.8. The molecule has 0 atom stereocenters. The average molecular weight is 489 g/mol. The predicted octanol–water partition coefficient (Wildman–Crippen LogP) is 3.70. The Kier molecular flexibility index (Phi) is 6.80. The van der Waals surface area contributed by atoms with Crippen molar-refractivity contribution in [3.05, 3.63) is 77.0 Å². The molecule has 3 rings (SSSR count). The lowest BCUT2D eigenvalue weighted by Gasteiger charge is -2.07. The summed E-state index contributed by atoms with van der Waals surface area (Å²) in [7, 11) is -2.26. The van der Waals surface area contributed by atoms with E-state index in [2.05, 4.69) is 35.9 Å². The van der Waals surface area contributed by atoms with Crippen molar-refractivity contribution < 1.29 is 17.9 Å². The van der Waals surface area contributed by atoms with Gasteiger partial charge in [-0.1, -0.05) is 6.07 Å². The van der Waals surface area contributed by atoms with Crippen LogP contribution in [0.4, 0.5) is 11.6 Å². The number of anilines is 2. The molecule has 10 heteroatoms. The summed E-state index contributed by atoms with van der Waals surface area (Å²) in [5.41, 5.74) is 1.27. The second kappa shape index (κ2) is 9.51. The number of ether oxygens (including phenoxy) is 1. The standard InChI is InChI=1S/C20H17BrN4O4S/c1-29-18-9-3-14(13-17(18)21)4-10-19(26)24-15-5-7-16(8-6-15)30(27,28)25-20-22-11-2-12-23-20/h2-13H,1H3,(H,24,26)(H,22,23,25)/b10-4+. The third-order valence-electron chi connectivity index (χ3n) is 3.83. The largest absolute Gasteiger partial charge is 0.496 e. The number of benzene rings is 2. The minimum atomic E-state index is -3.83. The number of halogens is 1. The van der Waals surface area contributed by atoms with Gasteiger partial charge in [-0.05, 0) is 70.0 Å². The van der Waals surface area contributed by atoms with Crippen molar-refractivity contribution in [3.63, 3.8) is 0 Å². The zero-order valence-corrected chi connectivity index (χ0v) is 18.1. The highest BCUT2D eigenvalue weighted by molar-refractivity contribution is 9.10. The van der Waals surface area contributed by atoms with Crippen LogP contribution in [0.5, 0.6) is 5.75 Å². The molecule has 0 spiro atoms. The molecular weight excluding hydrogens is 472 g/mol. The molecular formula is C20H17BrN4O4S. The van der Waals surface area contributed by atoms with Crippen molar-refractivity contribution in [1.82, 2.24) is 9.97 Å². The topological polar surface area (TPSA) is 110 Å². The summed E-state index contributed by atoms with van der Waals surface area (Å²) in [4.78, 5) is 19.8. The number of sulfonamides is 1. The fourth-order valence-corrected chi connectivity index (χ4v) is 3.91. The second-order valence-electron chi connectivity index (χ2n) is 5.92. The minimum absolute atomic E-state index is 0.0200. The van der Waals surface area contributed by atoms with Gasteiger partial charge in [0, 0.05) is 24.2 Å². The molecule has 0 fully saturated rings. The smallest absolute Gasteiger partial charge is 0.264 e. The quantitative estimate of drug-likeness (QED) is 0.490. The zero-order valence-electron chi connectivity index (χ0n) is 15.7. The number of nitrogens with one attached hydrogen (secondary N) is 2. The molecule has 2 N–H and O–H groups in total. The molecule has 1 heterocycles. The average Bonchev–Trinajstić information content (AvgIpc) is 2.73. The van der Waals surface area contributed by atoms with Crippen molar-refractivity contribution in [1.29, 1.82) is 0 Å². The molecule has 2 aromatic carbocycles. The molecule has 8 nitrogen and oxygen atoms in total. The zero-order chi connectivity index (χ0) is 21.6. The molecule has 0 aliphatic heterocycles. The van der Waals surface area contributed by atoms with E-state index in [-0.39, 0.29) is 16.8 Å². The number of rotatable bonds is 7. The van der Waals surface area contributed by atoms with E-state index in [1.165, 1.54) is 42.7 Å². The molecule has 0 saturated heterocycles. The van der Waals surface area contributed by atoms with Crippen molar-refractivity contribution in [2.45, 2.75) is 4.90 Å². The first-order chi connectivity index (χ1) is 14.4. The summed E-state index contributed by atoms with van der Waals surface area (Å²) in [6.07, 6.45) is 5.90. The molecule has 1 aromatic heterocycles. The lowest BCUT2D eigenvalue weighted by Crippen LogP contribution is -2.15. The second-order valence-corrected chi connectivity index (χ2v) is 8.46. The molecule has 1 amide bonds. The van der Waals surface area contributed by atoms with Gasteiger partial charge in [0.2, 0.25) is 11.9 Å². The molecule has 0 saturated carbocycles. The number of carbonyl (C=O) groups is 1. The lowest BCUT2D eigenvalue weighted by atomic mass is 10.2. The van der Waals surface area contributed by atoms with Crippen LogP contribution in [0.15, 0.2) is 76.4 Å². The van der Waals surface area contributed by atoms with E-state index in [1.807, 2.05) is 12.1 Å². The highest BCUT2D eigenvalue weighted by Gasteiger charge is 2.15. The third-order valence-corrected chi connectivity index (χ3v) is 5.79. The molecule has 0 aliphatic carbocycles. The molecule has 30 heavy (non-hydrogen) atoms. The van der Waals surface area contributed by atoms with Crippen LogP contribution in [0.25, 0.3) is 6.08 Å². The number of nitrogens with zero attached hydrogens (tertiary/aromatic N) is 2. The maximum absolute atomic E-state index is 12.4. The highest BCUT2D eigenvalue weighted by Crippen LogP contribution is 2.26. The summed E-state index contributed by atoms with van der Waals surface area (Å²) in [5, 5.41) is 2.68. The van der Waals surface area contributed by atoms with Gasteiger partial charge in [0.1, 0.15) is 5.75 Å². The Bertz CT molecular complexity index is 1170. The molecule has 0 radical (unpaired) electrons. The van der Waals surface area contributed by atoms with E-state index in [0.717, 1.165) is 10.0 Å². The molecule has 154 valence electrons. The number of amides is 1. The van der Waals surface area contributed by atoms with E-state index >= 15 is 0 Å². The van der Waals surface area contributed by atoms with Crippen molar-refractivity contribution >= 4 is 49.6 Å². The summed E-state index contributed by atoms with van der Waals surface area (Å²) < 4.78 is 33.0. The van der Waals surface area contributed by atoms with Crippen LogP contribution in [0.1, 0.15) is 5.56 Å². The summed E-state index contributed by atoms with van der Waals surface area (Å²) >= 11 is 3.39. The first kappa shape index (κ1) is 21.5. The number of hydrogen-bond acceptors (Lipinski definition) is 6. The van der Waals surface area contributed by atoms with E-state index < -0.39 is 10.0 Å². The number of carbonyl (C=O) groups excluding carboxylic acids is 1. The fraction of sp³-hybridized carbons (Fsp3) is 0.0500. The first-order valence-electron chi connectivity index (χ1n) is 8.60. The van der Waals surface area contributed by atoms with Crippen LogP contribution < -0.4 is 14.8 Å². The lowest BCUT2D eigenvalue weighted by molar-refractivity contribution is -0.111. The van der Waals surface area contributed by atoms with Gasteiger partial charge in [-0.15, -0.1) is 0 Å². The summed E-state index contributed by atoms with van der Waals surface area (Å²) in [6.45, 7) is 0. The normalized spacial score (nSPS) is 11.3. The highest BCUT2D eigenvalue weighted by atomic mass is 79.9. The summed E-state index contributed by atoms with van der Waals surface area (Å²) in [5.74, 6) is 0.318. The van der Waals surface area contributed by atoms with E-state index in [4.69, 9.17) is 4.74 Å². The Morgan fingerprint density at radius 2 is 1.80 bits per heavy atom. The Labute approximate surface area is 182 Å². The Hall–Kier alpha value is -3.24. The van der Waals surface area contributed by atoms with Gasteiger partial charge in [0.25, 0.3) is 10.0 Å². The maximum atomic E-state index is 12.4. The van der Waals surface area contributed by atoms with Gasteiger partial charge in [0.15, 0.2) is 0 Å². The number of hydrogen-bond donors (Lipinski definition) is 2. The van der Waals surface area contributed by atoms with E-state index in [1.54, 1.807) is 25.3 Å². The van der Waals surface area contributed by atoms with E-state index in [9.17, 15) is 13.2 Å². The van der Waals surface area contributed by atoms with Gasteiger partial charge in [-0.3, -0.25) is 4.79 Å². The van der Waals surface area contributed by atoms with Crippen LogP contribution in [0.2, 0.25) is 0 Å². The number of methoxy groups -OCH3 is 1. The van der Waals surface area contributed by atoms with Gasteiger partial charge in [0.05, 0.1) is 16.5 Å². The molecule has 0 unspecified atom stereocenters. The van der Waals surface area contributed by atoms with Crippen LogP contribution in [0.3, 0.4) is 0 Å². The van der Waals surface area contributed by atoms with Crippen molar-refractivity contribution in [2.75, 3.05) is 17.1 Å². The van der Waals surface area contributed by atoms with Crippen LogP contribution >= 0.6 is 15.9 Å². The molecule has 3 aromatic rings. The minimum Gasteiger partial charge on any atom is -0.496 e. The van der Waals surface area contributed by atoms with Crippen molar-refractivity contribution in [2.24, 2.45) is 0 Å². The fourth-order valence-electron chi connectivity index (χ4n) is 2.39. The molecule has 0 bridgehead atoms. The van der Waals surface area contributed by atoms with Gasteiger partial charge in [-0.2, -0.15) is 0 Å².